The first-order valence-corrected chi connectivity index (χ1v) is 8.67. The molecule has 0 spiro atoms. The van der Waals surface area contributed by atoms with E-state index in [0.717, 1.165) is 0 Å². The van der Waals surface area contributed by atoms with Gasteiger partial charge in [-0.3, -0.25) is 4.31 Å². The average molecular weight is 318 g/mol. The van der Waals surface area contributed by atoms with Crippen LogP contribution in [0.5, 0.6) is 11.5 Å². The minimum Gasteiger partial charge on any atom is -0.455 e. The maximum absolute atomic E-state index is 12.5. The summed E-state index contributed by atoms with van der Waals surface area (Å²) in [5.41, 5.74) is 6.13. The molecular weight excluding hydrogens is 300 g/mol. The molecule has 1 aliphatic heterocycles. The largest absolute Gasteiger partial charge is 0.455 e. The van der Waals surface area contributed by atoms with E-state index in [0.29, 0.717) is 30.2 Å². The second-order valence-corrected chi connectivity index (χ2v) is 7.28. The molecule has 0 amide bonds. The molecule has 0 bridgehead atoms. The molecule has 3 rings (SSSR count). The van der Waals surface area contributed by atoms with E-state index >= 15 is 0 Å². The van der Waals surface area contributed by atoms with Crippen LogP contribution in [0.4, 0.5) is 5.69 Å². The summed E-state index contributed by atoms with van der Waals surface area (Å²) in [5.74, 6) is 1.19. The highest BCUT2D eigenvalue weighted by Crippen LogP contribution is 2.37. The van der Waals surface area contributed by atoms with Crippen LogP contribution in [0.25, 0.3) is 0 Å². The number of ether oxygens (including phenoxy) is 1. The minimum absolute atomic E-state index is 0.139. The van der Waals surface area contributed by atoms with Gasteiger partial charge in [-0.2, -0.15) is 0 Å². The van der Waals surface area contributed by atoms with Crippen LogP contribution in [-0.2, 0) is 10.0 Å². The van der Waals surface area contributed by atoms with E-state index in [9.17, 15) is 8.42 Å². The number of hydrogen-bond acceptors (Lipinski definition) is 4. The summed E-state index contributed by atoms with van der Waals surface area (Å²) in [4.78, 5) is 0. The monoisotopic (exact) mass is 318 g/mol. The third-order valence-electron chi connectivity index (χ3n) is 3.75. The fourth-order valence-corrected chi connectivity index (χ4v) is 4.37. The van der Waals surface area contributed by atoms with Crippen LogP contribution in [0.15, 0.2) is 54.6 Å². The quantitative estimate of drug-likeness (QED) is 0.939. The van der Waals surface area contributed by atoms with Crippen LogP contribution in [0.1, 0.15) is 6.42 Å². The number of nitrogens with zero attached hydrogens (tertiary/aromatic N) is 1. The lowest BCUT2D eigenvalue weighted by molar-refractivity contribution is 0.483. The third kappa shape index (κ3) is 2.67. The van der Waals surface area contributed by atoms with E-state index in [4.69, 9.17) is 10.5 Å². The standard InChI is InChI=1S/C16H18N2O3S/c17-12-14-10-11-18(22(14,19)20)15-8-4-5-9-16(15)21-13-6-2-1-3-7-13/h1-9,14H,10-12,17H2. The lowest BCUT2D eigenvalue weighted by Crippen LogP contribution is -2.33. The molecule has 2 N–H and O–H groups in total. The van der Waals surface area contributed by atoms with Crippen molar-refractivity contribution in [1.82, 2.24) is 0 Å². The molecule has 1 fully saturated rings. The third-order valence-corrected chi connectivity index (χ3v) is 6.01. The highest BCUT2D eigenvalue weighted by molar-refractivity contribution is 7.93. The molecule has 1 saturated heterocycles. The summed E-state index contributed by atoms with van der Waals surface area (Å²) in [5, 5.41) is -0.516. The summed E-state index contributed by atoms with van der Waals surface area (Å²) in [6.45, 7) is 0.569. The maximum Gasteiger partial charge on any atom is 0.239 e. The van der Waals surface area contributed by atoms with Gasteiger partial charge in [-0.05, 0) is 30.7 Å². The Morgan fingerprint density at radius 2 is 1.77 bits per heavy atom. The van der Waals surface area contributed by atoms with Gasteiger partial charge in [-0.15, -0.1) is 0 Å². The molecule has 2 aromatic rings. The van der Waals surface area contributed by atoms with Gasteiger partial charge in [0.1, 0.15) is 5.75 Å². The van der Waals surface area contributed by atoms with Gasteiger partial charge in [0.05, 0.1) is 10.9 Å². The second-order valence-electron chi connectivity index (χ2n) is 5.15. The first-order valence-electron chi connectivity index (χ1n) is 7.16. The number of nitrogens with two attached hydrogens (primary N) is 1. The highest BCUT2D eigenvalue weighted by Gasteiger charge is 2.39. The van der Waals surface area contributed by atoms with Crippen LogP contribution in [-0.4, -0.2) is 26.8 Å². The summed E-state index contributed by atoms with van der Waals surface area (Å²) in [6.07, 6.45) is 0.540. The Morgan fingerprint density at radius 1 is 1.09 bits per heavy atom. The Bertz CT molecular complexity index is 747. The molecule has 116 valence electrons. The predicted octanol–water partition coefficient (Wildman–Crippen LogP) is 2.35. The van der Waals surface area contributed by atoms with Crippen molar-refractivity contribution in [3.05, 3.63) is 54.6 Å². The van der Waals surface area contributed by atoms with E-state index < -0.39 is 15.3 Å². The first kappa shape index (κ1) is 14.9. The van der Waals surface area contributed by atoms with E-state index in [1.54, 1.807) is 18.2 Å². The summed E-state index contributed by atoms with van der Waals surface area (Å²) >= 11 is 0. The van der Waals surface area contributed by atoms with Crippen molar-refractivity contribution in [3.63, 3.8) is 0 Å². The number of sulfonamides is 1. The van der Waals surface area contributed by atoms with Crippen LogP contribution >= 0.6 is 0 Å². The van der Waals surface area contributed by atoms with Crippen molar-refractivity contribution in [2.45, 2.75) is 11.7 Å². The number of anilines is 1. The molecule has 0 radical (unpaired) electrons. The predicted molar refractivity (Wildman–Crippen MR) is 86.7 cm³/mol. The SMILES string of the molecule is NCC1CCN(c2ccccc2Oc2ccccc2)S1(=O)=O. The summed E-state index contributed by atoms with van der Waals surface area (Å²) in [6, 6.07) is 16.5. The van der Waals surface area contributed by atoms with Crippen molar-refractivity contribution in [2.75, 3.05) is 17.4 Å². The van der Waals surface area contributed by atoms with Gasteiger partial charge in [-0.1, -0.05) is 30.3 Å². The lowest BCUT2D eigenvalue weighted by Gasteiger charge is -2.21. The fraction of sp³-hybridized carbons (Fsp3) is 0.250. The van der Waals surface area contributed by atoms with Crippen LogP contribution < -0.4 is 14.8 Å². The van der Waals surface area contributed by atoms with Crippen molar-refractivity contribution in [1.29, 1.82) is 0 Å². The molecule has 5 nitrogen and oxygen atoms in total. The molecule has 1 heterocycles. The van der Waals surface area contributed by atoms with Crippen LogP contribution in [0.3, 0.4) is 0 Å². The molecule has 0 aromatic heterocycles. The Hall–Kier alpha value is -2.05. The van der Waals surface area contributed by atoms with E-state index in [2.05, 4.69) is 0 Å². The Labute approximate surface area is 130 Å². The van der Waals surface area contributed by atoms with Crippen LogP contribution in [0, 0.1) is 0 Å². The maximum atomic E-state index is 12.5. The zero-order valence-electron chi connectivity index (χ0n) is 12.1. The summed E-state index contributed by atoms with van der Waals surface area (Å²) in [7, 11) is -3.42. The fourth-order valence-electron chi connectivity index (χ4n) is 2.58. The van der Waals surface area contributed by atoms with Crippen molar-refractivity contribution < 1.29 is 13.2 Å². The molecular formula is C16H18N2O3S. The Morgan fingerprint density at radius 3 is 2.45 bits per heavy atom. The number of para-hydroxylation sites is 3. The Balaban J connectivity index is 1.96. The van der Waals surface area contributed by atoms with Crippen molar-refractivity contribution in [2.24, 2.45) is 5.73 Å². The first-order chi connectivity index (χ1) is 10.6. The van der Waals surface area contributed by atoms with Crippen LogP contribution in [0.2, 0.25) is 0 Å². The molecule has 1 atom stereocenters. The van der Waals surface area contributed by atoms with E-state index in [1.807, 2.05) is 36.4 Å². The van der Waals surface area contributed by atoms with Gasteiger partial charge in [-0.25, -0.2) is 8.42 Å². The molecule has 0 aliphatic carbocycles. The lowest BCUT2D eigenvalue weighted by atomic mass is 10.2. The molecule has 22 heavy (non-hydrogen) atoms. The van der Waals surface area contributed by atoms with Gasteiger partial charge < -0.3 is 10.5 Å². The van der Waals surface area contributed by atoms with Crippen molar-refractivity contribution >= 4 is 15.7 Å². The van der Waals surface area contributed by atoms with Gasteiger partial charge in [0.15, 0.2) is 5.75 Å². The molecule has 6 heteroatoms. The van der Waals surface area contributed by atoms with Gasteiger partial charge in [0, 0.05) is 13.1 Å². The smallest absolute Gasteiger partial charge is 0.239 e. The number of benzene rings is 2. The number of rotatable bonds is 4. The molecule has 1 aliphatic rings. The average Bonchev–Trinajstić information content (AvgIpc) is 2.83. The molecule has 0 saturated carbocycles. The number of hydrogen-bond donors (Lipinski definition) is 1. The summed E-state index contributed by atoms with van der Waals surface area (Å²) < 4.78 is 32.3. The zero-order valence-corrected chi connectivity index (χ0v) is 12.9. The normalized spacial score (nSPS) is 20.0. The second kappa shape index (κ2) is 5.98. The van der Waals surface area contributed by atoms with Crippen molar-refractivity contribution in [3.8, 4) is 11.5 Å². The molecule has 2 aromatic carbocycles. The molecule has 1 unspecified atom stereocenters. The van der Waals surface area contributed by atoms with Gasteiger partial charge in [0.25, 0.3) is 0 Å². The van der Waals surface area contributed by atoms with E-state index in [-0.39, 0.29) is 6.54 Å². The minimum atomic E-state index is -3.42. The van der Waals surface area contributed by atoms with Gasteiger partial charge >= 0.3 is 0 Å². The topological polar surface area (TPSA) is 72.6 Å². The highest BCUT2D eigenvalue weighted by atomic mass is 32.2. The zero-order chi connectivity index (χ0) is 15.6. The Kier molecular flexibility index (Phi) is 4.04. The van der Waals surface area contributed by atoms with Gasteiger partial charge in [0.2, 0.25) is 10.0 Å². The van der Waals surface area contributed by atoms with E-state index in [1.165, 1.54) is 4.31 Å².